The molecule has 0 radical (unpaired) electrons. The van der Waals surface area contributed by atoms with Gasteiger partial charge in [-0.3, -0.25) is 0 Å². The molecule has 1 heterocycles. The molecule has 0 aromatic heterocycles. The van der Waals surface area contributed by atoms with E-state index in [0.717, 1.165) is 17.8 Å². The van der Waals surface area contributed by atoms with Crippen LogP contribution in [0.4, 0.5) is 0 Å². The maximum atomic E-state index is 3.43. The van der Waals surface area contributed by atoms with Crippen molar-refractivity contribution < 1.29 is 0 Å². The largest absolute Gasteiger partial charge is 0.317 e. The summed E-state index contributed by atoms with van der Waals surface area (Å²) in [4.78, 5) is 0. The van der Waals surface area contributed by atoms with Crippen LogP contribution in [0.1, 0.15) is 32.6 Å². The second kappa shape index (κ2) is 3.14. The van der Waals surface area contributed by atoms with Crippen LogP contribution in [0.25, 0.3) is 0 Å². The summed E-state index contributed by atoms with van der Waals surface area (Å²) >= 11 is 0. The van der Waals surface area contributed by atoms with E-state index in [2.05, 4.69) is 12.2 Å². The molecule has 1 heteroatoms. The predicted molar refractivity (Wildman–Crippen MR) is 47.5 cm³/mol. The van der Waals surface area contributed by atoms with Crippen LogP contribution in [0.5, 0.6) is 0 Å². The Hall–Kier alpha value is -0.0400. The van der Waals surface area contributed by atoms with Gasteiger partial charge in [-0.25, -0.2) is 0 Å². The van der Waals surface area contributed by atoms with Gasteiger partial charge in [-0.05, 0) is 56.5 Å². The van der Waals surface area contributed by atoms with Crippen molar-refractivity contribution in [1.29, 1.82) is 0 Å². The third-order valence-electron chi connectivity index (χ3n) is 3.49. The van der Waals surface area contributed by atoms with E-state index in [1.807, 2.05) is 0 Å². The zero-order chi connectivity index (χ0) is 7.68. The molecule has 64 valence electrons. The van der Waals surface area contributed by atoms with Gasteiger partial charge >= 0.3 is 0 Å². The molecule has 0 unspecified atom stereocenters. The number of piperidine rings is 1. The molecule has 1 saturated heterocycles. The summed E-state index contributed by atoms with van der Waals surface area (Å²) in [6, 6.07) is 0. The Morgan fingerprint density at radius 1 is 1.00 bits per heavy atom. The van der Waals surface area contributed by atoms with Gasteiger partial charge in [-0.15, -0.1) is 0 Å². The molecule has 1 saturated carbocycles. The second-order valence-electron chi connectivity index (χ2n) is 4.28. The molecule has 0 aromatic rings. The quantitative estimate of drug-likeness (QED) is 0.640. The van der Waals surface area contributed by atoms with E-state index in [1.54, 1.807) is 0 Å². The van der Waals surface area contributed by atoms with Crippen LogP contribution < -0.4 is 5.32 Å². The lowest BCUT2D eigenvalue weighted by Crippen LogP contribution is -2.31. The molecule has 2 fully saturated rings. The number of hydrogen-bond donors (Lipinski definition) is 1. The third kappa shape index (κ3) is 1.76. The third-order valence-corrected chi connectivity index (χ3v) is 3.49. The van der Waals surface area contributed by atoms with Crippen LogP contribution in [0, 0.1) is 17.8 Å². The van der Waals surface area contributed by atoms with Crippen molar-refractivity contribution in [2.75, 3.05) is 13.1 Å². The average molecular weight is 153 g/mol. The fraction of sp³-hybridized carbons (Fsp3) is 1.00. The second-order valence-corrected chi connectivity index (χ2v) is 4.28. The minimum atomic E-state index is 1.03. The highest BCUT2D eigenvalue weighted by Crippen LogP contribution is 2.42. The highest BCUT2D eigenvalue weighted by molar-refractivity contribution is 4.84. The fourth-order valence-corrected chi connectivity index (χ4v) is 2.38. The summed E-state index contributed by atoms with van der Waals surface area (Å²) < 4.78 is 0. The minimum absolute atomic E-state index is 1.03. The summed E-state index contributed by atoms with van der Waals surface area (Å²) in [6.45, 7) is 5.00. The SMILES string of the molecule is C[C@H](C1CCNCC1)C1CC1. The van der Waals surface area contributed by atoms with Crippen LogP contribution in [-0.4, -0.2) is 13.1 Å². The first-order chi connectivity index (χ1) is 5.38. The molecule has 0 bridgehead atoms. The average Bonchev–Trinajstić information content (AvgIpc) is 2.87. The Morgan fingerprint density at radius 2 is 1.55 bits per heavy atom. The summed E-state index contributed by atoms with van der Waals surface area (Å²) in [5, 5.41) is 3.43. The lowest BCUT2D eigenvalue weighted by molar-refractivity contribution is 0.251. The van der Waals surface area contributed by atoms with Gasteiger partial charge in [-0.2, -0.15) is 0 Å². The smallest absolute Gasteiger partial charge is 0.00462 e. The molecule has 2 aliphatic rings. The van der Waals surface area contributed by atoms with Gasteiger partial charge in [0.15, 0.2) is 0 Å². The summed E-state index contributed by atoms with van der Waals surface area (Å²) in [5.74, 6) is 3.18. The standard InChI is InChI=1S/C10H19N/c1-8(9-2-3-9)10-4-6-11-7-5-10/h8-11H,2-7H2,1H3/t8-/m0/s1. The number of rotatable bonds is 2. The Kier molecular flexibility index (Phi) is 2.17. The summed E-state index contributed by atoms with van der Waals surface area (Å²) in [7, 11) is 0. The monoisotopic (exact) mass is 153 g/mol. The Balaban J connectivity index is 1.81. The lowest BCUT2D eigenvalue weighted by atomic mass is 9.83. The highest BCUT2D eigenvalue weighted by Gasteiger charge is 2.33. The Labute approximate surface area is 69.6 Å². The Bertz CT molecular complexity index is 123. The molecular weight excluding hydrogens is 134 g/mol. The molecule has 2 rings (SSSR count). The van der Waals surface area contributed by atoms with Crippen molar-refractivity contribution in [2.45, 2.75) is 32.6 Å². The topological polar surface area (TPSA) is 12.0 Å². The number of nitrogens with one attached hydrogen (secondary N) is 1. The van der Waals surface area contributed by atoms with Crippen LogP contribution in [0.3, 0.4) is 0 Å². The van der Waals surface area contributed by atoms with E-state index in [1.165, 1.54) is 38.8 Å². The molecule has 0 amide bonds. The van der Waals surface area contributed by atoms with Crippen LogP contribution in [-0.2, 0) is 0 Å². The molecule has 1 nitrogen and oxygen atoms in total. The van der Waals surface area contributed by atoms with Crippen LogP contribution in [0.2, 0.25) is 0 Å². The lowest BCUT2D eigenvalue weighted by Gasteiger charge is -2.28. The first kappa shape index (κ1) is 7.60. The Morgan fingerprint density at radius 3 is 2.09 bits per heavy atom. The molecule has 0 spiro atoms. The van der Waals surface area contributed by atoms with E-state index in [9.17, 15) is 0 Å². The van der Waals surface area contributed by atoms with Gasteiger partial charge in [0.25, 0.3) is 0 Å². The maximum absolute atomic E-state index is 3.43. The van der Waals surface area contributed by atoms with E-state index in [-0.39, 0.29) is 0 Å². The van der Waals surface area contributed by atoms with Crippen molar-refractivity contribution >= 4 is 0 Å². The van der Waals surface area contributed by atoms with Crippen LogP contribution >= 0.6 is 0 Å². The molecule has 1 aliphatic heterocycles. The van der Waals surface area contributed by atoms with Gasteiger partial charge in [-0.1, -0.05) is 6.92 Å². The fourth-order valence-electron chi connectivity index (χ4n) is 2.38. The normalized spacial score (nSPS) is 30.3. The van der Waals surface area contributed by atoms with Crippen LogP contribution in [0.15, 0.2) is 0 Å². The maximum Gasteiger partial charge on any atom is -0.00462 e. The molecule has 1 N–H and O–H groups in total. The summed E-state index contributed by atoms with van der Waals surface area (Å²) in [5.41, 5.74) is 0. The van der Waals surface area contributed by atoms with E-state index in [0.29, 0.717) is 0 Å². The minimum Gasteiger partial charge on any atom is -0.317 e. The highest BCUT2D eigenvalue weighted by atomic mass is 14.9. The predicted octanol–water partition coefficient (Wildman–Crippen LogP) is 2.03. The zero-order valence-electron chi connectivity index (χ0n) is 7.47. The van der Waals surface area contributed by atoms with Crippen molar-refractivity contribution in [3.8, 4) is 0 Å². The first-order valence-corrected chi connectivity index (χ1v) is 5.08. The van der Waals surface area contributed by atoms with Gasteiger partial charge in [0, 0.05) is 0 Å². The molecule has 1 atom stereocenters. The van der Waals surface area contributed by atoms with Gasteiger partial charge in [0.1, 0.15) is 0 Å². The molecule has 0 aromatic carbocycles. The van der Waals surface area contributed by atoms with Gasteiger partial charge in [0.05, 0.1) is 0 Å². The van der Waals surface area contributed by atoms with E-state index >= 15 is 0 Å². The van der Waals surface area contributed by atoms with Gasteiger partial charge in [0.2, 0.25) is 0 Å². The zero-order valence-corrected chi connectivity index (χ0v) is 7.47. The molecule has 11 heavy (non-hydrogen) atoms. The van der Waals surface area contributed by atoms with Crippen molar-refractivity contribution in [1.82, 2.24) is 5.32 Å². The molecular formula is C10H19N. The van der Waals surface area contributed by atoms with Crippen molar-refractivity contribution in [2.24, 2.45) is 17.8 Å². The molecule has 1 aliphatic carbocycles. The van der Waals surface area contributed by atoms with Crippen molar-refractivity contribution in [3.05, 3.63) is 0 Å². The van der Waals surface area contributed by atoms with E-state index < -0.39 is 0 Å². The summed E-state index contributed by atoms with van der Waals surface area (Å²) in [6.07, 6.45) is 5.89. The first-order valence-electron chi connectivity index (χ1n) is 5.08. The number of hydrogen-bond acceptors (Lipinski definition) is 1. The van der Waals surface area contributed by atoms with E-state index in [4.69, 9.17) is 0 Å². The van der Waals surface area contributed by atoms with Gasteiger partial charge < -0.3 is 5.32 Å². The van der Waals surface area contributed by atoms with Crippen molar-refractivity contribution in [3.63, 3.8) is 0 Å².